The van der Waals surface area contributed by atoms with E-state index in [1.165, 1.54) is 0 Å². The lowest BCUT2D eigenvalue weighted by Crippen LogP contribution is -2.75. The minimum Gasteiger partial charge on any atom is -0.387 e. The molecule has 0 heterocycles. The first-order valence-corrected chi connectivity index (χ1v) is 19.3. The van der Waals surface area contributed by atoms with Crippen LogP contribution in [0, 0.1) is 0 Å². The Kier molecular flexibility index (Phi) is 14.2. The molecule has 0 aliphatic heterocycles. The molecule has 1 aliphatic carbocycles. The van der Waals surface area contributed by atoms with Gasteiger partial charge in [-0.25, -0.2) is 0 Å². The third-order valence-corrected chi connectivity index (χ3v) is 10.1. The minimum absolute atomic E-state index is 0.0291. The first-order valence-electron chi connectivity index (χ1n) is 19.3. The van der Waals surface area contributed by atoms with Crippen molar-refractivity contribution in [1.82, 2.24) is 0 Å². The van der Waals surface area contributed by atoms with Gasteiger partial charge in [-0.2, -0.15) is 0 Å². The molecule has 6 atom stereocenters. The first-order chi connectivity index (χ1) is 27.7. The lowest BCUT2D eigenvalue weighted by atomic mass is 9.74. The van der Waals surface area contributed by atoms with Crippen LogP contribution < -0.4 is 0 Å². The van der Waals surface area contributed by atoms with Crippen LogP contribution in [0.25, 0.3) is 0 Å². The van der Waals surface area contributed by atoms with E-state index in [-0.39, 0.29) is 39.6 Å². The Morgan fingerprint density at radius 2 is 0.679 bits per heavy atom. The summed E-state index contributed by atoms with van der Waals surface area (Å²) < 4.78 is 41.5. The predicted octanol–water partition coefficient (Wildman–Crippen LogP) is 8.87. The molecular weight excluding hydrogens is 701 g/mol. The second-order valence-corrected chi connectivity index (χ2v) is 14.2. The molecule has 1 aliphatic rings. The first kappa shape index (κ1) is 39.3. The molecule has 1 fully saturated rings. The zero-order chi connectivity index (χ0) is 38.3. The molecule has 0 unspecified atom stereocenters. The van der Waals surface area contributed by atoms with E-state index in [9.17, 15) is 5.11 Å². The number of aliphatic hydroxyl groups is 1. The lowest BCUT2D eigenvalue weighted by molar-refractivity contribution is -0.332. The molecule has 288 valence electrons. The van der Waals surface area contributed by atoms with Crippen molar-refractivity contribution < 1.29 is 33.5 Å². The van der Waals surface area contributed by atoms with E-state index >= 15 is 0 Å². The fraction of sp³-hybridized carbons (Fsp3) is 0.265. The van der Waals surface area contributed by atoms with Gasteiger partial charge >= 0.3 is 0 Å². The average molecular weight is 751 g/mol. The van der Waals surface area contributed by atoms with E-state index in [0.29, 0.717) is 6.61 Å². The van der Waals surface area contributed by atoms with Crippen LogP contribution in [0.3, 0.4) is 0 Å². The van der Waals surface area contributed by atoms with Gasteiger partial charge in [-0.15, -0.1) is 0 Å². The van der Waals surface area contributed by atoms with Gasteiger partial charge in [-0.05, 0) is 33.4 Å². The smallest absolute Gasteiger partial charge is 0.149 e. The molecule has 0 aromatic heterocycles. The number of aliphatic hydroxyl groups excluding tert-OH is 1. The monoisotopic (exact) mass is 750 g/mol. The SMILES string of the molecule is O[C@@H]1[C@H](OCc2ccccc2)[C@@H](OCc2ccccc2)[C@H](OCc2ccccc2)[C@](COCc2ccccc2)(OCc2ccccc2)[C@H]1OCc1ccccc1. The quantitative estimate of drug-likeness (QED) is 0.0887. The minimum atomic E-state index is -1.39. The van der Waals surface area contributed by atoms with E-state index in [4.69, 9.17) is 28.4 Å². The molecule has 1 saturated carbocycles. The molecule has 0 amide bonds. The molecule has 0 spiro atoms. The van der Waals surface area contributed by atoms with Crippen molar-refractivity contribution in [2.24, 2.45) is 0 Å². The van der Waals surface area contributed by atoms with E-state index in [1.807, 2.05) is 182 Å². The van der Waals surface area contributed by atoms with E-state index in [1.54, 1.807) is 0 Å². The second-order valence-electron chi connectivity index (χ2n) is 14.2. The molecule has 1 N–H and O–H groups in total. The third kappa shape index (κ3) is 10.5. The van der Waals surface area contributed by atoms with Gasteiger partial charge in [0.2, 0.25) is 0 Å². The summed E-state index contributed by atoms with van der Waals surface area (Å²) in [6.07, 6.45) is -4.71. The maximum Gasteiger partial charge on any atom is 0.149 e. The van der Waals surface area contributed by atoms with Gasteiger partial charge in [-0.3, -0.25) is 0 Å². The highest BCUT2D eigenvalue weighted by molar-refractivity contribution is 5.21. The Labute approximate surface area is 330 Å². The fourth-order valence-corrected chi connectivity index (χ4v) is 7.24. The van der Waals surface area contributed by atoms with Crippen molar-refractivity contribution >= 4 is 0 Å². The Bertz CT molecular complexity index is 1970. The maximum absolute atomic E-state index is 12.8. The highest BCUT2D eigenvalue weighted by Gasteiger charge is 2.63. The topological polar surface area (TPSA) is 75.6 Å². The van der Waals surface area contributed by atoms with Gasteiger partial charge in [0.05, 0.1) is 46.2 Å². The van der Waals surface area contributed by atoms with Gasteiger partial charge in [-0.1, -0.05) is 182 Å². The van der Waals surface area contributed by atoms with Crippen LogP contribution in [-0.4, -0.2) is 47.8 Å². The van der Waals surface area contributed by atoms with Crippen molar-refractivity contribution in [3.8, 4) is 0 Å². The molecule has 6 aromatic carbocycles. The van der Waals surface area contributed by atoms with Crippen molar-refractivity contribution in [3.05, 3.63) is 215 Å². The van der Waals surface area contributed by atoms with Crippen molar-refractivity contribution in [3.63, 3.8) is 0 Å². The summed E-state index contributed by atoms with van der Waals surface area (Å²) >= 11 is 0. The fourth-order valence-electron chi connectivity index (χ4n) is 7.24. The van der Waals surface area contributed by atoms with Gasteiger partial charge in [0.1, 0.15) is 36.1 Å². The summed E-state index contributed by atoms with van der Waals surface area (Å²) in [4.78, 5) is 0. The highest BCUT2D eigenvalue weighted by atomic mass is 16.6. The van der Waals surface area contributed by atoms with Gasteiger partial charge in [0.15, 0.2) is 0 Å². The van der Waals surface area contributed by atoms with E-state index < -0.39 is 36.1 Å². The summed E-state index contributed by atoms with van der Waals surface area (Å²) in [6, 6.07) is 59.9. The number of rotatable bonds is 19. The Balaban J connectivity index is 1.33. The highest BCUT2D eigenvalue weighted by Crippen LogP contribution is 2.42. The van der Waals surface area contributed by atoms with E-state index in [0.717, 1.165) is 33.4 Å². The van der Waals surface area contributed by atoms with Crippen LogP contribution in [0.15, 0.2) is 182 Å². The van der Waals surface area contributed by atoms with Crippen molar-refractivity contribution in [2.45, 2.75) is 75.8 Å². The molecule has 7 nitrogen and oxygen atoms in total. The number of benzene rings is 6. The average Bonchev–Trinajstić information content (AvgIpc) is 3.26. The number of hydrogen-bond acceptors (Lipinski definition) is 7. The summed E-state index contributed by atoms with van der Waals surface area (Å²) in [6.45, 7) is 1.51. The summed E-state index contributed by atoms with van der Waals surface area (Å²) in [5.74, 6) is 0. The number of hydrogen-bond donors (Lipinski definition) is 1. The van der Waals surface area contributed by atoms with Crippen LogP contribution in [0.2, 0.25) is 0 Å². The molecule has 56 heavy (non-hydrogen) atoms. The van der Waals surface area contributed by atoms with Crippen LogP contribution in [-0.2, 0) is 68.1 Å². The zero-order valence-corrected chi connectivity index (χ0v) is 31.6. The lowest BCUT2D eigenvalue weighted by Gasteiger charge is -2.55. The van der Waals surface area contributed by atoms with Crippen molar-refractivity contribution in [1.29, 1.82) is 0 Å². The predicted molar refractivity (Wildman–Crippen MR) is 216 cm³/mol. The molecule has 6 aromatic rings. The maximum atomic E-state index is 12.8. The van der Waals surface area contributed by atoms with Gasteiger partial charge in [0, 0.05) is 0 Å². The molecule has 0 radical (unpaired) electrons. The summed E-state index contributed by atoms with van der Waals surface area (Å²) in [7, 11) is 0. The Morgan fingerprint density at radius 1 is 0.357 bits per heavy atom. The van der Waals surface area contributed by atoms with Crippen LogP contribution in [0.4, 0.5) is 0 Å². The summed E-state index contributed by atoms with van der Waals surface area (Å²) in [5, 5.41) is 12.8. The normalized spacial score (nSPS) is 22.1. The van der Waals surface area contributed by atoms with Crippen molar-refractivity contribution in [2.75, 3.05) is 6.61 Å². The molecular formula is C49H50O7. The zero-order valence-electron chi connectivity index (χ0n) is 31.6. The van der Waals surface area contributed by atoms with Crippen LogP contribution in [0.1, 0.15) is 33.4 Å². The van der Waals surface area contributed by atoms with E-state index in [2.05, 4.69) is 0 Å². The second kappa shape index (κ2) is 20.3. The van der Waals surface area contributed by atoms with Gasteiger partial charge in [0.25, 0.3) is 0 Å². The largest absolute Gasteiger partial charge is 0.387 e. The Morgan fingerprint density at radius 3 is 1.09 bits per heavy atom. The molecule has 0 saturated heterocycles. The number of ether oxygens (including phenoxy) is 6. The molecule has 7 heteroatoms. The Hall–Kier alpha value is -4.96. The van der Waals surface area contributed by atoms with Crippen LogP contribution in [0.5, 0.6) is 0 Å². The molecule has 7 rings (SSSR count). The molecule has 0 bridgehead atoms. The third-order valence-electron chi connectivity index (χ3n) is 10.1. The summed E-state index contributed by atoms with van der Waals surface area (Å²) in [5.41, 5.74) is 4.45. The van der Waals surface area contributed by atoms with Crippen LogP contribution >= 0.6 is 0 Å². The standard InChI is InChI=1S/C49H50O7/c50-44-45(52-32-39-21-9-2-10-22-39)46(53-33-40-23-11-3-12-24-40)48(55-35-42-27-15-5-16-28-42)49(56-36-43-29-17-6-18-30-43,37-51-31-38-19-7-1-8-20-38)47(44)54-34-41-25-13-4-14-26-41/h1-30,44-48,50H,31-37H2/t44-,45+,46-,47+,48+,49-/m1/s1. The van der Waals surface area contributed by atoms with Gasteiger partial charge < -0.3 is 33.5 Å².